The van der Waals surface area contributed by atoms with Gasteiger partial charge in [0.25, 0.3) is 5.91 Å². The van der Waals surface area contributed by atoms with E-state index in [1.54, 1.807) is 37.4 Å². The molecule has 2 aromatic heterocycles. The average Bonchev–Trinajstić information content (AvgIpc) is 3.22. The van der Waals surface area contributed by atoms with Crippen LogP contribution in [0.15, 0.2) is 66.9 Å². The zero-order chi connectivity index (χ0) is 21.1. The average molecular weight is 421 g/mol. The van der Waals surface area contributed by atoms with Gasteiger partial charge in [0.15, 0.2) is 0 Å². The molecule has 0 aliphatic heterocycles. The van der Waals surface area contributed by atoms with Gasteiger partial charge in [-0.15, -0.1) is 0 Å². The largest absolute Gasteiger partial charge is 0.348 e. The predicted octanol–water partition coefficient (Wildman–Crippen LogP) is 5.17. The number of H-pyrrole nitrogens is 1. The number of carbonyl (C=O) groups excluding carboxylic acids is 1. The fraction of sp³-hybridized carbons (Fsp3) is 0.0870. The lowest BCUT2D eigenvalue weighted by Gasteiger charge is -2.07. The van der Waals surface area contributed by atoms with Crippen molar-refractivity contribution in [3.05, 3.63) is 94.7 Å². The molecule has 30 heavy (non-hydrogen) atoms. The maximum absolute atomic E-state index is 13.1. The summed E-state index contributed by atoms with van der Waals surface area (Å²) in [5.41, 5.74) is 4.71. The first-order chi connectivity index (χ1) is 14.5. The molecule has 4 aromatic rings. The number of hydrogen-bond acceptors (Lipinski definition) is 3. The van der Waals surface area contributed by atoms with Gasteiger partial charge in [0, 0.05) is 23.4 Å². The lowest BCUT2D eigenvalue weighted by Crippen LogP contribution is -2.23. The number of hydrogen-bond donors (Lipinski definition) is 2. The third-order valence-corrected chi connectivity index (χ3v) is 4.79. The van der Waals surface area contributed by atoms with Crippen LogP contribution >= 0.6 is 11.6 Å². The van der Waals surface area contributed by atoms with Gasteiger partial charge in [-0.25, -0.2) is 14.4 Å². The van der Waals surface area contributed by atoms with Gasteiger partial charge in [0.05, 0.1) is 11.9 Å². The Kier molecular flexibility index (Phi) is 5.59. The summed E-state index contributed by atoms with van der Waals surface area (Å²) in [7, 11) is 0. The Hall–Kier alpha value is -3.51. The molecule has 0 saturated heterocycles. The molecule has 0 spiro atoms. The van der Waals surface area contributed by atoms with Gasteiger partial charge in [-0.3, -0.25) is 4.79 Å². The van der Waals surface area contributed by atoms with Crippen molar-refractivity contribution >= 4 is 17.5 Å². The molecule has 2 N–H and O–H groups in total. The summed E-state index contributed by atoms with van der Waals surface area (Å²) in [6.07, 6.45) is 1.72. The van der Waals surface area contributed by atoms with Gasteiger partial charge in [-0.1, -0.05) is 35.9 Å². The number of pyridine rings is 1. The zero-order valence-electron chi connectivity index (χ0n) is 16.1. The van der Waals surface area contributed by atoms with E-state index in [-0.39, 0.29) is 11.7 Å². The topological polar surface area (TPSA) is 70.7 Å². The van der Waals surface area contributed by atoms with Crippen LogP contribution in [-0.2, 0) is 6.54 Å². The van der Waals surface area contributed by atoms with Crippen LogP contribution in [0.1, 0.15) is 21.6 Å². The second-order valence-corrected chi connectivity index (χ2v) is 7.24. The van der Waals surface area contributed by atoms with E-state index in [0.29, 0.717) is 28.8 Å². The van der Waals surface area contributed by atoms with Crippen LogP contribution in [0.3, 0.4) is 0 Å². The summed E-state index contributed by atoms with van der Waals surface area (Å²) >= 11 is 5.92. The molecule has 1 amide bonds. The normalized spacial score (nSPS) is 10.8. The van der Waals surface area contributed by atoms with Crippen LogP contribution in [0, 0.1) is 12.7 Å². The number of amides is 1. The second kappa shape index (κ2) is 8.47. The maximum atomic E-state index is 13.1. The molecule has 0 atom stereocenters. The smallest absolute Gasteiger partial charge is 0.251 e. The summed E-state index contributed by atoms with van der Waals surface area (Å²) in [6, 6.07) is 17.2. The summed E-state index contributed by atoms with van der Waals surface area (Å²) in [5.74, 6) is 0.233. The van der Waals surface area contributed by atoms with Crippen LogP contribution in [0.25, 0.3) is 22.6 Å². The third kappa shape index (κ3) is 4.55. The highest BCUT2D eigenvalue weighted by atomic mass is 35.5. The first-order valence-electron chi connectivity index (χ1n) is 9.30. The highest BCUT2D eigenvalue weighted by Crippen LogP contribution is 2.22. The van der Waals surface area contributed by atoms with E-state index >= 15 is 0 Å². The molecule has 0 saturated carbocycles. The van der Waals surface area contributed by atoms with Crippen molar-refractivity contribution < 1.29 is 9.18 Å². The third-order valence-electron chi connectivity index (χ3n) is 4.60. The minimum Gasteiger partial charge on any atom is -0.348 e. The highest BCUT2D eigenvalue weighted by Gasteiger charge is 2.09. The predicted molar refractivity (Wildman–Crippen MR) is 115 cm³/mol. The van der Waals surface area contributed by atoms with Crippen molar-refractivity contribution in [2.45, 2.75) is 13.5 Å². The van der Waals surface area contributed by atoms with E-state index in [1.807, 2.05) is 24.3 Å². The Morgan fingerprint density at radius 2 is 1.77 bits per heavy atom. The molecule has 150 valence electrons. The molecule has 0 aliphatic carbocycles. The molecular formula is C23H18ClFN4O. The van der Waals surface area contributed by atoms with Crippen molar-refractivity contribution in [1.82, 2.24) is 20.3 Å². The molecule has 0 fully saturated rings. The number of halogens is 2. The number of carbonyl (C=O) groups is 1. The Labute approximate surface area is 178 Å². The summed E-state index contributed by atoms with van der Waals surface area (Å²) < 4.78 is 13.1. The standard InChI is InChI=1S/C23H18ClFN4O/c1-14-10-18(11-21(24)28-14)23(30)27-12-15-2-4-17(5-3-15)22-26-13-20(29-22)16-6-8-19(25)9-7-16/h2-11,13H,12H2,1H3,(H,26,29)(H,27,30). The van der Waals surface area contributed by atoms with Crippen molar-refractivity contribution in [1.29, 1.82) is 0 Å². The number of nitrogens with zero attached hydrogens (tertiary/aromatic N) is 2. The zero-order valence-corrected chi connectivity index (χ0v) is 16.9. The molecule has 4 rings (SSSR count). The van der Waals surface area contributed by atoms with Crippen LogP contribution in [-0.4, -0.2) is 20.9 Å². The lowest BCUT2D eigenvalue weighted by molar-refractivity contribution is 0.0950. The molecule has 7 heteroatoms. The van der Waals surface area contributed by atoms with Crippen LogP contribution < -0.4 is 5.32 Å². The number of aromatic nitrogens is 3. The van der Waals surface area contributed by atoms with E-state index in [2.05, 4.69) is 20.3 Å². The van der Waals surface area contributed by atoms with E-state index in [1.165, 1.54) is 12.1 Å². The molecule has 0 bridgehead atoms. The van der Waals surface area contributed by atoms with Gasteiger partial charge < -0.3 is 10.3 Å². The highest BCUT2D eigenvalue weighted by molar-refractivity contribution is 6.29. The summed E-state index contributed by atoms with van der Waals surface area (Å²) in [4.78, 5) is 24.0. The molecule has 5 nitrogen and oxygen atoms in total. The minimum atomic E-state index is -0.275. The Morgan fingerprint density at radius 3 is 2.47 bits per heavy atom. The van der Waals surface area contributed by atoms with Crippen molar-refractivity contribution in [3.63, 3.8) is 0 Å². The summed E-state index contributed by atoms with van der Waals surface area (Å²) in [5, 5.41) is 3.17. The van der Waals surface area contributed by atoms with E-state index in [0.717, 1.165) is 22.4 Å². The molecule has 0 radical (unpaired) electrons. The van der Waals surface area contributed by atoms with E-state index in [4.69, 9.17) is 11.6 Å². The Balaban J connectivity index is 1.42. The van der Waals surface area contributed by atoms with Gasteiger partial charge in [0.2, 0.25) is 0 Å². The van der Waals surface area contributed by atoms with Crippen molar-refractivity contribution in [3.8, 4) is 22.6 Å². The SMILES string of the molecule is Cc1cc(C(=O)NCc2ccc(-c3ncc(-c4ccc(F)cc4)[nH]3)cc2)cc(Cl)n1. The van der Waals surface area contributed by atoms with E-state index < -0.39 is 0 Å². The van der Waals surface area contributed by atoms with Crippen molar-refractivity contribution in [2.75, 3.05) is 0 Å². The van der Waals surface area contributed by atoms with Gasteiger partial charge in [-0.2, -0.15) is 0 Å². The van der Waals surface area contributed by atoms with Crippen LogP contribution in [0.4, 0.5) is 4.39 Å². The number of rotatable bonds is 5. The molecule has 2 aromatic carbocycles. The van der Waals surface area contributed by atoms with Crippen LogP contribution in [0.2, 0.25) is 5.15 Å². The number of nitrogens with one attached hydrogen (secondary N) is 2. The number of aromatic amines is 1. The minimum absolute atomic E-state index is 0.207. The Bertz CT molecular complexity index is 1170. The number of benzene rings is 2. The second-order valence-electron chi connectivity index (χ2n) is 6.85. The number of aryl methyl sites for hydroxylation is 1. The lowest BCUT2D eigenvalue weighted by atomic mass is 10.1. The first-order valence-corrected chi connectivity index (χ1v) is 9.68. The van der Waals surface area contributed by atoms with E-state index in [9.17, 15) is 9.18 Å². The van der Waals surface area contributed by atoms with Gasteiger partial charge >= 0.3 is 0 Å². The molecule has 0 unspecified atom stereocenters. The Morgan fingerprint density at radius 1 is 1.07 bits per heavy atom. The first kappa shape index (κ1) is 19.8. The van der Waals surface area contributed by atoms with Gasteiger partial charge in [0.1, 0.15) is 16.8 Å². The number of imidazole rings is 1. The maximum Gasteiger partial charge on any atom is 0.251 e. The van der Waals surface area contributed by atoms with Crippen LogP contribution in [0.5, 0.6) is 0 Å². The molecule has 0 aliphatic rings. The molecule has 2 heterocycles. The van der Waals surface area contributed by atoms with Gasteiger partial charge in [-0.05, 0) is 54.4 Å². The molecular weight excluding hydrogens is 403 g/mol. The summed E-state index contributed by atoms with van der Waals surface area (Å²) in [6.45, 7) is 2.18. The monoisotopic (exact) mass is 420 g/mol. The fourth-order valence-corrected chi connectivity index (χ4v) is 3.32. The fourth-order valence-electron chi connectivity index (χ4n) is 3.07. The quantitative estimate of drug-likeness (QED) is 0.437. The van der Waals surface area contributed by atoms with Crippen molar-refractivity contribution in [2.24, 2.45) is 0 Å².